The molecule has 2 heterocycles. The maximum absolute atomic E-state index is 13.1. The molecule has 20 heavy (non-hydrogen) atoms. The fourth-order valence-electron chi connectivity index (χ4n) is 3.62. The van der Waals surface area contributed by atoms with Gasteiger partial charge in [0.05, 0.1) is 28.6 Å². The lowest BCUT2D eigenvalue weighted by atomic mass is 9.70. The van der Waals surface area contributed by atoms with E-state index in [9.17, 15) is 4.39 Å². The Balaban J connectivity index is 2.43. The van der Waals surface area contributed by atoms with Crippen LogP contribution in [-0.2, 0) is 10.3 Å². The molecule has 0 aliphatic carbocycles. The summed E-state index contributed by atoms with van der Waals surface area (Å²) in [5.74, 6) is -0.206. The molecule has 3 nitrogen and oxygen atoms in total. The number of aromatic nitrogens is 1. The molecule has 0 bridgehead atoms. The van der Waals surface area contributed by atoms with Gasteiger partial charge in [-0.05, 0) is 52.7 Å². The summed E-state index contributed by atoms with van der Waals surface area (Å²) in [5, 5.41) is 0. The minimum absolute atomic E-state index is 0.132. The lowest BCUT2D eigenvalue weighted by Gasteiger charge is -2.40. The van der Waals surface area contributed by atoms with Crippen LogP contribution in [0, 0.1) is 11.7 Å². The highest BCUT2D eigenvalue weighted by Crippen LogP contribution is 2.50. The predicted octanol–water partition coefficient (Wildman–Crippen LogP) is 3.38. The number of pyridine rings is 1. The Hall–Kier alpha value is -1.00. The van der Waals surface area contributed by atoms with Crippen LogP contribution < -0.4 is 5.73 Å². The van der Waals surface area contributed by atoms with Crippen molar-refractivity contribution < 1.29 is 9.13 Å². The fraction of sp³-hybridized carbons (Fsp3) is 0.688. The minimum Gasteiger partial charge on any atom is -0.369 e. The molecule has 0 spiro atoms. The lowest BCUT2D eigenvalue weighted by molar-refractivity contribution is -0.0829. The summed E-state index contributed by atoms with van der Waals surface area (Å²) in [7, 11) is 0. The number of rotatable bonds is 3. The van der Waals surface area contributed by atoms with E-state index in [1.54, 1.807) is 6.07 Å². The number of halogens is 1. The smallest absolute Gasteiger partial charge is 0.141 e. The van der Waals surface area contributed by atoms with E-state index < -0.39 is 5.54 Å². The minimum atomic E-state index is -0.606. The van der Waals surface area contributed by atoms with Crippen LogP contribution in [0.5, 0.6) is 0 Å². The van der Waals surface area contributed by atoms with Gasteiger partial charge in [-0.15, -0.1) is 0 Å². The van der Waals surface area contributed by atoms with Gasteiger partial charge in [0, 0.05) is 5.92 Å². The molecule has 4 heteroatoms. The summed E-state index contributed by atoms with van der Waals surface area (Å²) in [4.78, 5) is 4.22. The average Bonchev–Trinajstić information content (AvgIpc) is 2.57. The third-order valence-electron chi connectivity index (χ3n) is 4.49. The molecule has 0 radical (unpaired) electrons. The van der Waals surface area contributed by atoms with Crippen LogP contribution in [0.25, 0.3) is 0 Å². The molecule has 2 atom stereocenters. The van der Waals surface area contributed by atoms with Gasteiger partial charge < -0.3 is 10.5 Å². The fourth-order valence-corrected chi connectivity index (χ4v) is 3.62. The van der Waals surface area contributed by atoms with E-state index >= 15 is 0 Å². The third kappa shape index (κ3) is 2.59. The molecule has 1 aliphatic rings. The van der Waals surface area contributed by atoms with Crippen molar-refractivity contribution >= 4 is 0 Å². The zero-order valence-electron chi connectivity index (χ0n) is 13.0. The second-order valence-corrected chi connectivity index (χ2v) is 6.98. The SMILES string of the molecule is CCC(N)(c1ccc(F)cn1)C1CC(C)(C)OC1(C)C. The lowest BCUT2D eigenvalue weighted by Crippen LogP contribution is -2.51. The molecule has 1 fully saturated rings. The Labute approximate surface area is 120 Å². The Kier molecular flexibility index (Phi) is 3.68. The third-order valence-corrected chi connectivity index (χ3v) is 4.49. The largest absolute Gasteiger partial charge is 0.369 e. The Morgan fingerprint density at radius 3 is 2.45 bits per heavy atom. The van der Waals surface area contributed by atoms with E-state index in [-0.39, 0.29) is 22.9 Å². The molecule has 2 N–H and O–H groups in total. The highest BCUT2D eigenvalue weighted by atomic mass is 19.1. The highest BCUT2D eigenvalue weighted by Gasteiger charge is 2.54. The van der Waals surface area contributed by atoms with Gasteiger partial charge in [0.15, 0.2) is 0 Å². The van der Waals surface area contributed by atoms with Gasteiger partial charge >= 0.3 is 0 Å². The first-order chi connectivity index (χ1) is 9.11. The Morgan fingerprint density at radius 1 is 1.40 bits per heavy atom. The van der Waals surface area contributed by atoms with Gasteiger partial charge in [-0.2, -0.15) is 0 Å². The monoisotopic (exact) mass is 280 g/mol. The quantitative estimate of drug-likeness (QED) is 0.923. The van der Waals surface area contributed by atoms with Crippen LogP contribution in [0.4, 0.5) is 4.39 Å². The van der Waals surface area contributed by atoms with E-state index in [1.807, 2.05) is 6.92 Å². The standard InChI is InChI=1S/C16H25FN2O/c1-6-16(18,13-8-7-11(17)10-19-13)12-9-14(2,3)20-15(12,4)5/h7-8,10,12H,6,9,18H2,1-5H3. The second kappa shape index (κ2) is 4.78. The number of nitrogens with two attached hydrogens (primary N) is 1. The molecule has 2 unspecified atom stereocenters. The van der Waals surface area contributed by atoms with E-state index in [0.29, 0.717) is 0 Å². The molecule has 1 saturated heterocycles. The van der Waals surface area contributed by atoms with E-state index in [2.05, 4.69) is 32.7 Å². The van der Waals surface area contributed by atoms with Crippen LogP contribution >= 0.6 is 0 Å². The van der Waals surface area contributed by atoms with Crippen molar-refractivity contribution in [3.63, 3.8) is 0 Å². The van der Waals surface area contributed by atoms with Crippen molar-refractivity contribution in [2.75, 3.05) is 0 Å². The van der Waals surface area contributed by atoms with Gasteiger partial charge in [0.2, 0.25) is 0 Å². The van der Waals surface area contributed by atoms with Crippen molar-refractivity contribution in [3.8, 4) is 0 Å². The first-order valence-electron chi connectivity index (χ1n) is 7.22. The van der Waals surface area contributed by atoms with Crippen molar-refractivity contribution in [2.45, 2.75) is 64.2 Å². The van der Waals surface area contributed by atoms with Crippen LogP contribution in [0.15, 0.2) is 18.3 Å². The summed E-state index contributed by atoms with van der Waals surface area (Å²) < 4.78 is 19.3. The van der Waals surface area contributed by atoms with E-state index in [1.165, 1.54) is 12.3 Å². The summed E-state index contributed by atoms with van der Waals surface area (Å²) in [6, 6.07) is 3.12. The zero-order chi connectivity index (χ0) is 15.2. The molecular weight excluding hydrogens is 255 g/mol. The Bertz CT molecular complexity index is 484. The van der Waals surface area contributed by atoms with E-state index in [0.717, 1.165) is 18.5 Å². The molecule has 1 aromatic rings. The molecule has 112 valence electrons. The van der Waals surface area contributed by atoms with Crippen molar-refractivity contribution in [2.24, 2.45) is 11.7 Å². The number of ether oxygens (including phenoxy) is 1. The van der Waals surface area contributed by atoms with Crippen LogP contribution in [-0.4, -0.2) is 16.2 Å². The van der Waals surface area contributed by atoms with Gasteiger partial charge in [-0.3, -0.25) is 4.98 Å². The van der Waals surface area contributed by atoms with Crippen molar-refractivity contribution in [1.29, 1.82) is 0 Å². The summed E-state index contributed by atoms with van der Waals surface area (Å²) in [6.45, 7) is 10.4. The predicted molar refractivity (Wildman–Crippen MR) is 77.7 cm³/mol. The maximum atomic E-state index is 13.1. The Morgan fingerprint density at radius 2 is 2.05 bits per heavy atom. The first kappa shape index (κ1) is 15.4. The highest BCUT2D eigenvalue weighted by molar-refractivity contribution is 5.21. The van der Waals surface area contributed by atoms with Gasteiger partial charge in [0.25, 0.3) is 0 Å². The average molecular weight is 280 g/mol. The first-order valence-corrected chi connectivity index (χ1v) is 7.22. The number of hydrogen-bond acceptors (Lipinski definition) is 3. The number of hydrogen-bond donors (Lipinski definition) is 1. The van der Waals surface area contributed by atoms with E-state index in [4.69, 9.17) is 10.5 Å². The van der Waals surface area contributed by atoms with Crippen LogP contribution in [0.1, 0.15) is 53.2 Å². The van der Waals surface area contributed by atoms with Crippen molar-refractivity contribution in [3.05, 3.63) is 29.8 Å². The van der Waals surface area contributed by atoms with Gasteiger partial charge in [-0.25, -0.2) is 4.39 Å². The molecule has 2 rings (SSSR count). The maximum Gasteiger partial charge on any atom is 0.141 e. The summed E-state index contributed by atoms with van der Waals surface area (Å²) >= 11 is 0. The normalized spacial score (nSPS) is 27.2. The van der Waals surface area contributed by atoms with Gasteiger partial charge in [0.1, 0.15) is 5.82 Å². The molecular formula is C16H25FN2O. The summed E-state index contributed by atoms with van der Waals surface area (Å²) in [6.07, 6.45) is 2.84. The van der Waals surface area contributed by atoms with Crippen LogP contribution in [0.3, 0.4) is 0 Å². The second-order valence-electron chi connectivity index (χ2n) is 6.98. The van der Waals surface area contributed by atoms with Crippen LogP contribution in [0.2, 0.25) is 0 Å². The summed E-state index contributed by atoms with van der Waals surface area (Å²) in [5.41, 5.74) is 6.31. The molecule has 1 aromatic heterocycles. The topological polar surface area (TPSA) is 48.1 Å². The van der Waals surface area contributed by atoms with Gasteiger partial charge in [-0.1, -0.05) is 6.92 Å². The molecule has 0 amide bonds. The molecule has 1 aliphatic heterocycles. The molecule has 0 aromatic carbocycles. The van der Waals surface area contributed by atoms with Crippen molar-refractivity contribution in [1.82, 2.24) is 4.98 Å². The number of nitrogens with zero attached hydrogens (tertiary/aromatic N) is 1. The zero-order valence-corrected chi connectivity index (χ0v) is 13.0. The molecule has 0 saturated carbocycles.